The highest BCUT2D eigenvalue weighted by Gasteiger charge is 2.14. The minimum Gasteiger partial charge on any atom is -0.477 e. The lowest BCUT2D eigenvalue weighted by Crippen LogP contribution is -2.05. The van der Waals surface area contributed by atoms with E-state index in [0.717, 1.165) is 10.0 Å². The molecule has 2 aromatic heterocycles. The van der Waals surface area contributed by atoms with Crippen LogP contribution in [0, 0.1) is 0 Å². The molecule has 0 saturated carbocycles. The summed E-state index contributed by atoms with van der Waals surface area (Å²) in [7, 11) is 0. The summed E-state index contributed by atoms with van der Waals surface area (Å²) in [5, 5.41) is 13.4. The van der Waals surface area contributed by atoms with Gasteiger partial charge in [-0.15, -0.1) is 5.10 Å². The molecule has 6 heteroatoms. The summed E-state index contributed by atoms with van der Waals surface area (Å²) in [6.45, 7) is 0. The molecule has 94 valence electrons. The molecule has 2 heterocycles. The zero-order valence-electron chi connectivity index (χ0n) is 9.62. The van der Waals surface area contributed by atoms with Crippen LogP contribution in [0.25, 0.3) is 17.0 Å². The highest BCUT2D eigenvalue weighted by molar-refractivity contribution is 9.10. The van der Waals surface area contributed by atoms with Crippen LogP contribution in [-0.4, -0.2) is 25.7 Å². The highest BCUT2D eigenvalue weighted by atomic mass is 79.9. The Morgan fingerprint density at radius 3 is 2.68 bits per heavy atom. The van der Waals surface area contributed by atoms with E-state index in [2.05, 4.69) is 26.0 Å². The number of hydrogen-bond donors (Lipinski definition) is 1. The standard InChI is InChI=1S/C13H8BrN3O2/c14-9-5-2-1-4-8(9)12-15-11-7-3-6-10(13(18)19)17(11)16-12/h1-7H,(H,18,19). The molecule has 1 N–H and O–H groups in total. The Balaban J connectivity index is 2.26. The summed E-state index contributed by atoms with van der Waals surface area (Å²) in [4.78, 5) is 15.5. The third-order valence-electron chi connectivity index (χ3n) is 2.69. The van der Waals surface area contributed by atoms with Crippen LogP contribution >= 0.6 is 15.9 Å². The fourth-order valence-corrected chi connectivity index (χ4v) is 2.29. The number of aromatic carboxylic acids is 1. The second-order valence-corrected chi connectivity index (χ2v) is 4.76. The molecule has 0 atom stereocenters. The van der Waals surface area contributed by atoms with Gasteiger partial charge >= 0.3 is 5.97 Å². The fraction of sp³-hybridized carbons (Fsp3) is 0. The number of benzene rings is 1. The van der Waals surface area contributed by atoms with Crippen molar-refractivity contribution in [1.82, 2.24) is 14.6 Å². The molecule has 0 spiro atoms. The van der Waals surface area contributed by atoms with E-state index in [1.165, 1.54) is 10.6 Å². The van der Waals surface area contributed by atoms with Crippen molar-refractivity contribution >= 4 is 27.5 Å². The molecule has 0 radical (unpaired) electrons. The number of rotatable bonds is 2. The molecule has 0 amide bonds. The van der Waals surface area contributed by atoms with Gasteiger partial charge in [-0.05, 0) is 24.3 Å². The van der Waals surface area contributed by atoms with Gasteiger partial charge in [-0.25, -0.2) is 14.3 Å². The largest absolute Gasteiger partial charge is 0.477 e. The molecule has 0 saturated heterocycles. The van der Waals surface area contributed by atoms with Gasteiger partial charge in [0.25, 0.3) is 0 Å². The van der Waals surface area contributed by atoms with Gasteiger partial charge in [0.2, 0.25) is 0 Å². The lowest BCUT2D eigenvalue weighted by atomic mass is 10.2. The molecule has 0 aliphatic rings. The Labute approximate surface area is 116 Å². The number of hydrogen-bond acceptors (Lipinski definition) is 3. The minimum absolute atomic E-state index is 0.0864. The first kappa shape index (κ1) is 11.9. The zero-order valence-corrected chi connectivity index (χ0v) is 11.2. The Morgan fingerprint density at radius 1 is 1.16 bits per heavy atom. The summed E-state index contributed by atoms with van der Waals surface area (Å²) in [5.74, 6) is -0.546. The van der Waals surface area contributed by atoms with Gasteiger partial charge in [0.15, 0.2) is 17.2 Å². The first-order valence-electron chi connectivity index (χ1n) is 5.51. The summed E-state index contributed by atoms with van der Waals surface area (Å²) in [6.07, 6.45) is 0. The average molecular weight is 318 g/mol. The van der Waals surface area contributed by atoms with Gasteiger partial charge in [-0.3, -0.25) is 0 Å². The smallest absolute Gasteiger partial charge is 0.354 e. The van der Waals surface area contributed by atoms with E-state index in [4.69, 9.17) is 5.11 Å². The van der Waals surface area contributed by atoms with E-state index >= 15 is 0 Å². The lowest BCUT2D eigenvalue weighted by molar-refractivity contribution is 0.0687. The van der Waals surface area contributed by atoms with Crippen molar-refractivity contribution in [3.8, 4) is 11.4 Å². The molecular formula is C13H8BrN3O2. The summed E-state index contributed by atoms with van der Waals surface area (Å²) in [5.41, 5.74) is 1.41. The van der Waals surface area contributed by atoms with E-state index in [0.29, 0.717) is 11.5 Å². The quantitative estimate of drug-likeness (QED) is 0.789. The number of carboxylic acid groups (broad SMARTS) is 1. The van der Waals surface area contributed by atoms with Crippen molar-refractivity contribution < 1.29 is 9.90 Å². The number of carbonyl (C=O) groups is 1. The van der Waals surface area contributed by atoms with Gasteiger partial charge < -0.3 is 5.11 Å². The predicted octanol–water partition coefficient (Wildman–Crippen LogP) is 2.86. The van der Waals surface area contributed by atoms with Crippen molar-refractivity contribution in [2.75, 3.05) is 0 Å². The maximum absolute atomic E-state index is 11.1. The van der Waals surface area contributed by atoms with Crippen LogP contribution < -0.4 is 0 Å². The topological polar surface area (TPSA) is 67.5 Å². The van der Waals surface area contributed by atoms with Crippen LogP contribution in [0.15, 0.2) is 46.9 Å². The first-order chi connectivity index (χ1) is 9.16. The average Bonchev–Trinajstić information content (AvgIpc) is 2.82. The maximum atomic E-state index is 11.1. The number of nitrogens with zero attached hydrogens (tertiary/aromatic N) is 3. The number of aromatic nitrogens is 3. The van der Waals surface area contributed by atoms with E-state index in [1.807, 2.05) is 24.3 Å². The highest BCUT2D eigenvalue weighted by Crippen LogP contribution is 2.25. The second kappa shape index (κ2) is 4.47. The van der Waals surface area contributed by atoms with E-state index in [-0.39, 0.29) is 5.69 Å². The SMILES string of the molecule is O=C(O)c1cccc2nc(-c3ccccc3Br)nn12. The summed E-state index contributed by atoms with van der Waals surface area (Å²) >= 11 is 3.43. The van der Waals surface area contributed by atoms with Crippen molar-refractivity contribution in [3.63, 3.8) is 0 Å². The number of halogens is 1. The van der Waals surface area contributed by atoms with E-state index in [1.54, 1.807) is 12.1 Å². The Kier molecular flexibility index (Phi) is 2.79. The molecular weight excluding hydrogens is 310 g/mol. The fourth-order valence-electron chi connectivity index (χ4n) is 1.82. The minimum atomic E-state index is -1.03. The van der Waals surface area contributed by atoms with E-state index < -0.39 is 5.97 Å². The van der Waals surface area contributed by atoms with Crippen molar-refractivity contribution in [2.24, 2.45) is 0 Å². The zero-order chi connectivity index (χ0) is 13.4. The molecule has 5 nitrogen and oxygen atoms in total. The van der Waals surface area contributed by atoms with Crippen molar-refractivity contribution in [3.05, 3.63) is 52.6 Å². The monoisotopic (exact) mass is 317 g/mol. The normalized spacial score (nSPS) is 10.8. The van der Waals surface area contributed by atoms with Gasteiger partial charge in [0.1, 0.15) is 0 Å². The summed E-state index contributed by atoms with van der Waals surface area (Å²) in [6, 6.07) is 12.4. The predicted molar refractivity (Wildman–Crippen MR) is 73.1 cm³/mol. The van der Waals surface area contributed by atoms with Crippen LogP contribution in [0.1, 0.15) is 10.5 Å². The third-order valence-corrected chi connectivity index (χ3v) is 3.39. The van der Waals surface area contributed by atoms with Crippen LogP contribution in [0.5, 0.6) is 0 Å². The van der Waals surface area contributed by atoms with Crippen molar-refractivity contribution in [2.45, 2.75) is 0 Å². The van der Waals surface area contributed by atoms with Gasteiger partial charge in [-0.2, -0.15) is 0 Å². The number of carboxylic acids is 1. The van der Waals surface area contributed by atoms with E-state index in [9.17, 15) is 4.79 Å². The maximum Gasteiger partial charge on any atom is 0.354 e. The van der Waals surface area contributed by atoms with Gasteiger partial charge in [0, 0.05) is 10.0 Å². The third kappa shape index (κ3) is 2.00. The summed E-state index contributed by atoms with van der Waals surface area (Å²) < 4.78 is 2.19. The molecule has 19 heavy (non-hydrogen) atoms. The van der Waals surface area contributed by atoms with Gasteiger partial charge in [0.05, 0.1) is 0 Å². The Morgan fingerprint density at radius 2 is 1.95 bits per heavy atom. The molecule has 0 aliphatic carbocycles. The molecule has 3 aromatic rings. The molecule has 3 rings (SSSR count). The lowest BCUT2D eigenvalue weighted by Gasteiger charge is -1.98. The van der Waals surface area contributed by atoms with Crippen molar-refractivity contribution in [1.29, 1.82) is 0 Å². The molecule has 0 unspecified atom stereocenters. The molecule has 0 bridgehead atoms. The molecule has 0 aliphatic heterocycles. The van der Waals surface area contributed by atoms with Gasteiger partial charge in [-0.1, -0.05) is 34.1 Å². The Hall–Kier alpha value is -2.21. The van der Waals surface area contributed by atoms with Crippen LogP contribution in [0.4, 0.5) is 0 Å². The Bertz CT molecular complexity index is 782. The number of fused-ring (bicyclic) bond motifs is 1. The second-order valence-electron chi connectivity index (χ2n) is 3.90. The molecule has 0 fully saturated rings. The number of pyridine rings is 1. The van der Waals surface area contributed by atoms with Crippen LogP contribution in [-0.2, 0) is 0 Å². The van der Waals surface area contributed by atoms with Crippen LogP contribution in [0.2, 0.25) is 0 Å². The first-order valence-corrected chi connectivity index (χ1v) is 6.30. The van der Waals surface area contributed by atoms with Crippen LogP contribution in [0.3, 0.4) is 0 Å². The molecule has 1 aromatic carbocycles.